The Bertz CT molecular complexity index is 686. The molecule has 6 heteroatoms. The summed E-state index contributed by atoms with van der Waals surface area (Å²) in [6, 6.07) is 10.1. The van der Waals surface area contributed by atoms with E-state index in [4.69, 9.17) is 10.2 Å². The van der Waals surface area contributed by atoms with Crippen LogP contribution in [0.3, 0.4) is 0 Å². The maximum atomic E-state index is 12.2. The van der Waals surface area contributed by atoms with E-state index in [9.17, 15) is 9.59 Å². The van der Waals surface area contributed by atoms with Crippen LogP contribution in [0, 0.1) is 0 Å². The molecule has 0 radical (unpaired) electrons. The van der Waals surface area contributed by atoms with E-state index in [-0.39, 0.29) is 17.6 Å². The number of furan rings is 1. The number of benzene rings is 1. The third-order valence-corrected chi connectivity index (χ3v) is 4.09. The number of carbonyl (C=O) groups is 2. The first-order valence-corrected chi connectivity index (χ1v) is 7.62. The molecule has 0 aliphatic heterocycles. The fourth-order valence-corrected chi connectivity index (χ4v) is 2.73. The number of rotatable bonds is 4. The highest BCUT2D eigenvalue weighted by Crippen LogP contribution is 2.28. The number of nitrogens with two attached hydrogens (primary N) is 1. The first-order chi connectivity index (χ1) is 11.1. The van der Waals surface area contributed by atoms with E-state index in [1.807, 2.05) is 0 Å². The van der Waals surface area contributed by atoms with Crippen LogP contribution >= 0.6 is 0 Å². The van der Waals surface area contributed by atoms with E-state index in [2.05, 4.69) is 10.6 Å². The molecule has 1 fully saturated rings. The SMILES string of the molecule is NC1(C(=O)Nc2ccc(NC(=O)c3ccco3)cc2)CCCC1. The molecule has 23 heavy (non-hydrogen) atoms. The van der Waals surface area contributed by atoms with Crippen molar-refractivity contribution in [3.8, 4) is 0 Å². The molecular weight excluding hydrogens is 294 g/mol. The summed E-state index contributed by atoms with van der Waals surface area (Å²) in [5, 5.41) is 5.55. The highest BCUT2D eigenvalue weighted by atomic mass is 16.3. The van der Waals surface area contributed by atoms with E-state index in [0.717, 1.165) is 25.7 Å². The second-order valence-corrected chi connectivity index (χ2v) is 5.83. The second kappa shape index (κ2) is 6.26. The van der Waals surface area contributed by atoms with Gasteiger partial charge in [0.2, 0.25) is 5.91 Å². The molecular formula is C17H19N3O3. The maximum absolute atomic E-state index is 12.2. The van der Waals surface area contributed by atoms with E-state index in [1.165, 1.54) is 6.26 Å². The lowest BCUT2D eigenvalue weighted by Gasteiger charge is -2.22. The van der Waals surface area contributed by atoms with Gasteiger partial charge in [0.05, 0.1) is 11.8 Å². The van der Waals surface area contributed by atoms with E-state index in [1.54, 1.807) is 36.4 Å². The quantitative estimate of drug-likeness (QED) is 0.808. The predicted octanol–water partition coefficient (Wildman–Crippen LogP) is 2.74. The van der Waals surface area contributed by atoms with Crippen LogP contribution in [0.1, 0.15) is 36.2 Å². The molecule has 1 aliphatic rings. The third kappa shape index (κ3) is 3.43. The fraction of sp³-hybridized carbons (Fsp3) is 0.294. The summed E-state index contributed by atoms with van der Waals surface area (Å²) in [4.78, 5) is 24.1. The molecule has 0 saturated heterocycles. The Morgan fingerprint density at radius 1 is 1.00 bits per heavy atom. The van der Waals surface area contributed by atoms with Gasteiger partial charge in [0.25, 0.3) is 5.91 Å². The second-order valence-electron chi connectivity index (χ2n) is 5.83. The monoisotopic (exact) mass is 313 g/mol. The summed E-state index contributed by atoms with van der Waals surface area (Å²) >= 11 is 0. The van der Waals surface area contributed by atoms with Crippen molar-refractivity contribution in [2.75, 3.05) is 10.6 Å². The molecule has 4 N–H and O–H groups in total. The van der Waals surface area contributed by atoms with E-state index >= 15 is 0 Å². The first kappa shape index (κ1) is 15.3. The van der Waals surface area contributed by atoms with Crippen molar-refractivity contribution in [3.63, 3.8) is 0 Å². The normalized spacial score (nSPS) is 16.0. The molecule has 1 heterocycles. The molecule has 0 bridgehead atoms. The van der Waals surface area contributed by atoms with Crippen LogP contribution in [0.15, 0.2) is 47.1 Å². The van der Waals surface area contributed by atoms with Crippen molar-refractivity contribution < 1.29 is 14.0 Å². The highest BCUT2D eigenvalue weighted by Gasteiger charge is 2.36. The van der Waals surface area contributed by atoms with Gasteiger partial charge in [-0.15, -0.1) is 0 Å². The molecule has 1 aromatic heterocycles. The van der Waals surface area contributed by atoms with Gasteiger partial charge in [-0.05, 0) is 49.2 Å². The molecule has 2 aromatic rings. The van der Waals surface area contributed by atoms with Crippen LogP contribution in [0.25, 0.3) is 0 Å². The number of anilines is 2. The summed E-state index contributed by atoms with van der Waals surface area (Å²) in [7, 11) is 0. The van der Waals surface area contributed by atoms with Gasteiger partial charge >= 0.3 is 0 Å². The van der Waals surface area contributed by atoms with Crippen molar-refractivity contribution in [3.05, 3.63) is 48.4 Å². The molecule has 1 aliphatic carbocycles. The third-order valence-electron chi connectivity index (χ3n) is 4.09. The Balaban J connectivity index is 1.61. The van der Waals surface area contributed by atoms with Crippen LogP contribution in [0.2, 0.25) is 0 Å². The van der Waals surface area contributed by atoms with Gasteiger partial charge in [-0.3, -0.25) is 9.59 Å². The Labute approximate surface area is 134 Å². The van der Waals surface area contributed by atoms with Crippen molar-refractivity contribution in [1.29, 1.82) is 0 Å². The van der Waals surface area contributed by atoms with Crippen LogP contribution in [0.4, 0.5) is 11.4 Å². The van der Waals surface area contributed by atoms with Gasteiger partial charge in [-0.2, -0.15) is 0 Å². The number of amides is 2. The number of hydrogen-bond donors (Lipinski definition) is 3. The smallest absolute Gasteiger partial charge is 0.291 e. The molecule has 2 amide bonds. The summed E-state index contributed by atoms with van der Waals surface area (Å²) in [6.07, 6.45) is 4.86. The van der Waals surface area contributed by atoms with E-state index < -0.39 is 5.54 Å². The zero-order valence-electron chi connectivity index (χ0n) is 12.7. The molecule has 0 spiro atoms. The zero-order chi connectivity index (χ0) is 16.3. The van der Waals surface area contributed by atoms with Crippen molar-refractivity contribution >= 4 is 23.2 Å². The molecule has 0 unspecified atom stereocenters. The minimum atomic E-state index is -0.758. The van der Waals surface area contributed by atoms with Crippen molar-refractivity contribution in [2.45, 2.75) is 31.2 Å². The Morgan fingerprint density at radius 2 is 1.61 bits per heavy atom. The largest absolute Gasteiger partial charge is 0.459 e. The molecule has 6 nitrogen and oxygen atoms in total. The van der Waals surface area contributed by atoms with Crippen LogP contribution in [-0.2, 0) is 4.79 Å². The van der Waals surface area contributed by atoms with Crippen molar-refractivity contribution in [2.24, 2.45) is 5.73 Å². The first-order valence-electron chi connectivity index (χ1n) is 7.62. The molecule has 1 saturated carbocycles. The number of nitrogens with one attached hydrogen (secondary N) is 2. The van der Waals surface area contributed by atoms with Crippen molar-refractivity contribution in [1.82, 2.24) is 0 Å². The van der Waals surface area contributed by atoms with Crippen LogP contribution in [-0.4, -0.2) is 17.4 Å². The number of carbonyl (C=O) groups excluding carboxylic acids is 2. The Hall–Kier alpha value is -2.60. The van der Waals surface area contributed by atoms with Gasteiger partial charge in [0, 0.05) is 11.4 Å². The number of hydrogen-bond acceptors (Lipinski definition) is 4. The van der Waals surface area contributed by atoms with Gasteiger partial charge < -0.3 is 20.8 Å². The Kier molecular flexibility index (Phi) is 4.16. The topological polar surface area (TPSA) is 97.4 Å². The van der Waals surface area contributed by atoms with Gasteiger partial charge in [-0.25, -0.2) is 0 Å². The molecule has 120 valence electrons. The fourth-order valence-electron chi connectivity index (χ4n) is 2.73. The lowest BCUT2D eigenvalue weighted by Crippen LogP contribution is -2.48. The summed E-state index contributed by atoms with van der Waals surface area (Å²) in [6.45, 7) is 0. The zero-order valence-corrected chi connectivity index (χ0v) is 12.7. The van der Waals surface area contributed by atoms with Gasteiger partial charge in [-0.1, -0.05) is 12.8 Å². The lowest BCUT2D eigenvalue weighted by molar-refractivity contribution is -0.121. The average molecular weight is 313 g/mol. The van der Waals surface area contributed by atoms with Gasteiger partial charge in [0.15, 0.2) is 5.76 Å². The van der Waals surface area contributed by atoms with Gasteiger partial charge in [0.1, 0.15) is 0 Å². The molecule has 1 aromatic carbocycles. The average Bonchev–Trinajstić information content (AvgIpc) is 3.21. The lowest BCUT2D eigenvalue weighted by atomic mass is 9.98. The summed E-state index contributed by atoms with van der Waals surface area (Å²) in [5.41, 5.74) is 6.64. The summed E-state index contributed by atoms with van der Waals surface area (Å²) in [5.74, 6) is -0.227. The minimum absolute atomic E-state index is 0.151. The van der Waals surface area contributed by atoms with E-state index in [0.29, 0.717) is 11.4 Å². The maximum Gasteiger partial charge on any atom is 0.291 e. The Morgan fingerprint density at radius 3 is 2.17 bits per heavy atom. The minimum Gasteiger partial charge on any atom is -0.459 e. The standard InChI is InChI=1S/C17H19N3O3/c18-17(9-1-2-10-17)16(22)20-13-7-5-12(6-8-13)19-15(21)14-4-3-11-23-14/h3-8,11H,1-2,9-10,18H2,(H,19,21)(H,20,22). The predicted molar refractivity (Wildman–Crippen MR) is 87.1 cm³/mol. The van der Waals surface area contributed by atoms with Crippen LogP contribution in [0.5, 0.6) is 0 Å². The van der Waals surface area contributed by atoms with Crippen LogP contribution < -0.4 is 16.4 Å². The summed E-state index contributed by atoms with van der Waals surface area (Å²) < 4.78 is 5.03. The highest BCUT2D eigenvalue weighted by molar-refractivity contribution is 6.02. The molecule has 3 rings (SSSR count). The molecule has 0 atom stereocenters.